The number of hydrogen-bond acceptors (Lipinski definition) is 5. The van der Waals surface area contributed by atoms with Crippen LogP contribution in [-0.2, 0) is 6.42 Å². The van der Waals surface area contributed by atoms with Crippen LogP contribution in [0.2, 0.25) is 0 Å². The Labute approximate surface area is 191 Å². The molecule has 0 aliphatic carbocycles. The molecule has 1 aromatic heterocycles. The van der Waals surface area contributed by atoms with Crippen LogP contribution in [0.4, 0.5) is 0 Å². The highest BCUT2D eigenvalue weighted by Gasteiger charge is 2.14. The van der Waals surface area contributed by atoms with E-state index in [-0.39, 0.29) is 11.5 Å². The number of aryl methyl sites for hydroxylation is 1. The zero-order valence-electron chi connectivity index (χ0n) is 19.1. The van der Waals surface area contributed by atoms with Crippen LogP contribution >= 0.6 is 0 Å². The van der Waals surface area contributed by atoms with Gasteiger partial charge in [0, 0.05) is 6.42 Å². The van der Waals surface area contributed by atoms with Crippen LogP contribution < -0.4 is 0 Å². The van der Waals surface area contributed by atoms with E-state index in [0.717, 1.165) is 19.3 Å². The van der Waals surface area contributed by atoms with Crippen molar-refractivity contribution in [1.29, 1.82) is 0 Å². The third-order valence-corrected chi connectivity index (χ3v) is 5.73. The smallest absolute Gasteiger partial charge is 0.167 e. The molecule has 0 unspecified atom stereocenters. The lowest BCUT2D eigenvalue weighted by Crippen LogP contribution is -2.03. The minimum atomic E-state index is 0.131. The Balaban J connectivity index is 1.64. The summed E-state index contributed by atoms with van der Waals surface area (Å²) in [6.45, 7) is 2.25. The molecular weight excluding hydrogens is 398 g/mol. The van der Waals surface area contributed by atoms with Crippen molar-refractivity contribution in [3.8, 4) is 34.3 Å². The third kappa shape index (κ3) is 7.04. The first-order valence-corrected chi connectivity index (χ1v) is 12.0. The van der Waals surface area contributed by atoms with E-state index >= 15 is 0 Å². The number of benzene rings is 2. The summed E-state index contributed by atoms with van der Waals surface area (Å²) in [4.78, 5) is 13.8. The highest BCUT2D eigenvalue weighted by molar-refractivity contribution is 5.68. The molecule has 3 rings (SSSR count). The Kier molecular flexibility index (Phi) is 9.48. The molecule has 32 heavy (non-hydrogen) atoms. The molecule has 0 saturated carbocycles. The van der Waals surface area contributed by atoms with Gasteiger partial charge in [-0.2, -0.15) is 0 Å². The van der Waals surface area contributed by atoms with Crippen LogP contribution in [-0.4, -0.2) is 25.2 Å². The van der Waals surface area contributed by atoms with E-state index in [1.54, 1.807) is 36.4 Å². The van der Waals surface area contributed by atoms with Crippen LogP contribution in [0.15, 0.2) is 48.5 Å². The summed E-state index contributed by atoms with van der Waals surface area (Å²) in [5.41, 5.74) is 1.13. The molecule has 2 aromatic carbocycles. The van der Waals surface area contributed by atoms with E-state index in [2.05, 4.69) is 21.9 Å². The van der Waals surface area contributed by atoms with E-state index < -0.39 is 0 Å². The lowest BCUT2D eigenvalue weighted by molar-refractivity contribution is 0.476. The standard InChI is InChI=1S/C27H35N3O2/c1-2-3-4-5-6-7-8-9-10-11-20-25-28-26(21-16-12-14-18-23(21)31)30-27(29-25)22-17-13-15-19-24(22)32/h12-19,31-32H,2-11,20H2,1H3. The average Bonchev–Trinajstić information content (AvgIpc) is 2.81. The lowest BCUT2D eigenvalue weighted by atomic mass is 10.1. The van der Waals surface area contributed by atoms with Gasteiger partial charge in [0.2, 0.25) is 0 Å². The SMILES string of the molecule is CCCCCCCCCCCCc1nc(-c2ccccc2O)nc(-c2ccccc2O)n1. The van der Waals surface area contributed by atoms with Gasteiger partial charge in [-0.05, 0) is 30.7 Å². The van der Waals surface area contributed by atoms with Crippen molar-refractivity contribution in [1.82, 2.24) is 15.0 Å². The van der Waals surface area contributed by atoms with Crippen LogP contribution in [0.25, 0.3) is 22.8 Å². The molecule has 0 aliphatic heterocycles. The van der Waals surface area contributed by atoms with Crippen molar-refractivity contribution in [3.63, 3.8) is 0 Å². The summed E-state index contributed by atoms with van der Waals surface area (Å²) in [5.74, 6) is 1.81. The Morgan fingerprint density at radius 3 is 1.47 bits per heavy atom. The molecule has 5 nitrogen and oxygen atoms in total. The van der Waals surface area contributed by atoms with Crippen LogP contribution in [0.3, 0.4) is 0 Å². The molecule has 0 radical (unpaired) electrons. The number of aromatic nitrogens is 3. The number of rotatable bonds is 13. The van der Waals surface area contributed by atoms with Gasteiger partial charge in [0.25, 0.3) is 0 Å². The van der Waals surface area contributed by atoms with Gasteiger partial charge in [-0.1, -0.05) is 89.0 Å². The summed E-state index contributed by atoms with van der Waals surface area (Å²) < 4.78 is 0. The number of para-hydroxylation sites is 2. The monoisotopic (exact) mass is 433 g/mol. The zero-order chi connectivity index (χ0) is 22.6. The van der Waals surface area contributed by atoms with E-state index in [1.165, 1.54) is 51.4 Å². The highest BCUT2D eigenvalue weighted by atomic mass is 16.3. The molecule has 0 bridgehead atoms. The van der Waals surface area contributed by atoms with Crippen molar-refractivity contribution in [2.24, 2.45) is 0 Å². The topological polar surface area (TPSA) is 79.1 Å². The first kappa shape index (κ1) is 23.7. The van der Waals surface area contributed by atoms with Crippen molar-refractivity contribution in [2.45, 2.75) is 77.6 Å². The van der Waals surface area contributed by atoms with Crippen molar-refractivity contribution < 1.29 is 10.2 Å². The molecule has 5 heteroatoms. The Bertz CT molecular complexity index is 911. The van der Waals surface area contributed by atoms with Crippen molar-refractivity contribution in [3.05, 3.63) is 54.4 Å². The quantitative estimate of drug-likeness (QED) is 0.282. The summed E-state index contributed by atoms with van der Waals surface area (Å²) in [7, 11) is 0. The van der Waals surface area contributed by atoms with Gasteiger partial charge in [0.1, 0.15) is 17.3 Å². The van der Waals surface area contributed by atoms with Gasteiger partial charge in [-0.25, -0.2) is 15.0 Å². The molecule has 0 spiro atoms. The van der Waals surface area contributed by atoms with E-state index in [0.29, 0.717) is 28.6 Å². The minimum absolute atomic E-state index is 0.131. The zero-order valence-corrected chi connectivity index (χ0v) is 19.1. The fourth-order valence-corrected chi connectivity index (χ4v) is 3.87. The van der Waals surface area contributed by atoms with E-state index in [1.807, 2.05) is 12.1 Å². The number of nitrogens with zero attached hydrogens (tertiary/aromatic N) is 3. The molecule has 170 valence electrons. The van der Waals surface area contributed by atoms with Gasteiger partial charge < -0.3 is 10.2 Å². The van der Waals surface area contributed by atoms with Crippen molar-refractivity contribution in [2.75, 3.05) is 0 Å². The van der Waals surface area contributed by atoms with Gasteiger partial charge in [0.05, 0.1) is 11.1 Å². The van der Waals surface area contributed by atoms with Crippen LogP contribution in [0, 0.1) is 0 Å². The predicted molar refractivity (Wildman–Crippen MR) is 130 cm³/mol. The molecule has 0 fully saturated rings. The number of phenolic OH excluding ortho intramolecular Hbond substituents is 2. The lowest BCUT2D eigenvalue weighted by Gasteiger charge is -2.10. The van der Waals surface area contributed by atoms with E-state index in [4.69, 9.17) is 0 Å². The minimum Gasteiger partial charge on any atom is -0.507 e. The Morgan fingerprint density at radius 1 is 0.562 bits per heavy atom. The van der Waals surface area contributed by atoms with Crippen LogP contribution in [0.1, 0.15) is 77.0 Å². The first-order chi connectivity index (χ1) is 15.7. The maximum absolute atomic E-state index is 10.3. The number of hydrogen-bond donors (Lipinski definition) is 2. The van der Waals surface area contributed by atoms with Crippen LogP contribution in [0.5, 0.6) is 11.5 Å². The summed E-state index contributed by atoms with van der Waals surface area (Å²) in [5, 5.41) is 20.6. The molecule has 2 N–H and O–H groups in total. The summed E-state index contributed by atoms with van der Waals surface area (Å²) >= 11 is 0. The number of unbranched alkanes of at least 4 members (excludes halogenated alkanes) is 9. The average molecular weight is 434 g/mol. The normalized spacial score (nSPS) is 11.0. The second kappa shape index (κ2) is 12.8. The predicted octanol–water partition coefficient (Wildman–Crippen LogP) is 7.08. The fraction of sp³-hybridized carbons (Fsp3) is 0.444. The van der Waals surface area contributed by atoms with Gasteiger partial charge >= 0.3 is 0 Å². The Morgan fingerprint density at radius 2 is 1.00 bits per heavy atom. The molecule has 0 atom stereocenters. The molecule has 0 saturated heterocycles. The molecular formula is C27H35N3O2. The summed E-state index contributed by atoms with van der Waals surface area (Å²) in [6.07, 6.45) is 13.5. The first-order valence-electron chi connectivity index (χ1n) is 12.0. The molecule has 1 heterocycles. The maximum Gasteiger partial charge on any atom is 0.167 e. The van der Waals surface area contributed by atoms with E-state index in [9.17, 15) is 10.2 Å². The fourth-order valence-electron chi connectivity index (χ4n) is 3.87. The third-order valence-electron chi connectivity index (χ3n) is 5.73. The molecule has 3 aromatic rings. The highest BCUT2D eigenvalue weighted by Crippen LogP contribution is 2.30. The van der Waals surface area contributed by atoms with Gasteiger partial charge in [-0.3, -0.25) is 0 Å². The number of aromatic hydroxyl groups is 2. The largest absolute Gasteiger partial charge is 0.507 e. The van der Waals surface area contributed by atoms with Gasteiger partial charge in [-0.15, -0.1) is 0 Å². The second-order valence-corrected chi connectivity index (χ2v) is 8.37. The molecule has 0 amide bonds. The van der Waals surface area contributed by atoms with Gasteiger partial charge in [0.15, 0.2) is 11.6 Å². The van der Waals surface area contributed by atoms with Crippen molar-refractivity contribution >= 4 is 0 Å². The number of phenols is 2. The Hall–Kier alpha value is -2.95. The second-order valence-electron chi connectivity index (χ2n) is 8.37. The maximum atomic E-state index is 10.3. The summed E-state index contributed by atoms with van der Waals surface area (Å²) in [6, 6.07) is 14.1. The molecule has 0 aliphatic rings.